The van der Waals surface area contributed by atoms with E-state index in [1.54, 1.807) is 12.1 Å². The number of benzene rings is 1. The monoisotopic (exact) mass is 386 g/mol. The van der Waals surface area contributed by atoms with Crippen LogP contribution in [0.25, 0.3) is 0 Å². The van der Waals surface area contributed by atoms with Crippen molar-refractivity contribution >= 4 is 27.6 Å². The van der Waals surface area contributed by atoms with Crippen LogP contribution in [0.5, 0.6) is 0 Å². The number of amidine groups is 1. The van der Waals surface area contributed by atoms with Crippen molar-refractivity contribution in [3.8, 4) is 0 Å². The Labute approximate surface area is 159 Å². The number of aryl methyl sites for hydroxylation is 1. The number of piperazine rings is 1. The van der Waals surface area contributed by atoms with Crippen LogP contribution in [0.1, 0.15) is 11.3 Å². The van der Waals surface area contributed by atoms with Gasteiger partial charge in [0.25, 0.3) is 10.0 Å². The molecule has 1 aromatic heterocycles. The first-order chi connectivity index (χ1) is 12.8. The highest BCUT2D eigenvalue weighted by Crippen LogP contribution is 2.28. The van der Waals surface area contributed by atoms with Gasteiger partial charge >= 0.3 is 0 Å². The fourth-order valence-electron chi connectivity index (χ4n) is 3.36. The van der Waals surface area contributed by atoms with Crippen LogP contribution in [-0.2, 0) is 10.0 Å². The number of fused-ring (bicyclic) bond motifs is 1. The molecule has 9 heteroatoms. The highest BCUT2D eigenvalue weighted by atomic mass is 32.2. The van der Waals surface area contributed by atoms with Gasteiger partial charge in [0, 0.05) is 57.6 Å². The molecule has 1 aromatic carbocycles. The highest BCUT2D eigenvalue weighted by Gasteiger charge is 2.33. The van der Waals surface area contributed by atoms with Crippen molar-refractivity contribution in [2.24, 2.45) is 4.40 Å². The molecule has 142 valence electrons. The summed E-state index contributed by atoms with van der Waals surface area (Å²) in [7, 11) is 0.262. The predicted octanol–water partition coefficient (Wildman–Crippen LogP) is 1.12. The highest BCUT2D eigenvalue weighted by molar-refractivity contribution is 7.90. The third kappa shape index (κ3) is 3.23. The lowest BCUT2D eigenvalue weighted by Gasteiger charge is -2.36. The molecule has 0 saturated carbocycles. The van der Waals surface area contributed by atoms with Crippen molar-refractivity contribution in [2.75, 3.05) is 50.1 Å². The largest absolute Gasteiger partial charge is 0.353 e. The van der Waals surface area contributed by atoms with E-state index in [0.717, 1.165) is 24.6 Å². The van der Waals surface area contributed by atoms with Crippen LogP contribution < -0.4 is 9.80 Å². The van der Waals surface area contributed by atoms with Crippen molar-refractivity contribution in [1.29, 1.82) is 0 Å². The van der Waals surface area contributed by atoms with Crippen LogP contribution in [-0.4, -0.2) is 69.4 Å². The van der Waals surface area contributed by atoms with E-state index in [9.17, 15) is 8.42 Å². The Bertz CT molecular complexity index is 1010. The summed E-state index contributed by atoms with van der Waals surface area (Å²) in [5.41, 5.74) is 1.62. The second-order valence-electron chi connectivity index (χ2n) is 6.92. The molecule has 0 bridgehead atoms. The molecule has 4 rings (SSSR count). The van der Waals surface area contributed by atoms with Crippen LogP contribution >= 0.6 is 0 Å². The van der Waals surface area contributed by atoms with E-state index in [2.05, 4.69) is 19.3 Å². The maximum absolute atomic E-state index is 12.3. The van der Waals surface area contributed by atoms with Gasteiger partial charge in [0.1, 0.15) is 10.7 Å². The molecular formula is C18H22N6O2S. The maximum atomic E-state index is 12.3. The average Bonchev–Trinajstić information content (AvgIpc) is 2.93. The van der Waals surface area contributed by atoms with Crippen molar-refractivity contribution < 1.29 is 8.42 Å². The topological polar surface area (TPSA) is 82.0 Å². The van der Waals surface area contributed by atoms with E-state index in [1.807, 2.05) is 49.0 Å². The van der Waals surface area contributed by atoms with Crippen LogP contribution in [0.15, 0.2) is 39.6 Å². The molecule has 1 saturated heterocycles. The van der Waals surface area contributed by atoms with E-state index < -0.39 is 10.0 Å². The molecular weight excluding hydrogens is 364 g/mol. The summed E-state index contributed by atoms with van der Waals surface area (Å²) in [4.78, 5) is 15.5. The molecule has 0 radical (unpaired) electrons. The number of hydrogen-bond donors (Lipinski definition) is 0. The Morgan fingerprint density at radius 2 is 1.67 bits per heavy atom. The lowest BCUT2D eigenvalue weighted by atomic mass is 10.1. The molecule has 8 nitrogen and oxygen atoms in total. The molecule has 2 aliphatic heterocycles. The molecule has 3 heterocycles. The first-order valence-corrected chi connectivity index (χ1v) is 10.3. The molecule has 2 aromatic rings. The number of anilines is 2. The lowest BCUT2D eigenvalue weighted by Crippen LogP contribution is -2.49. The molecule has 0 N–H and O–H groups in total. The first-order valence-electron chi connectivity index (χ1n) is 8.82. The van der Waals surface area contributed by atoms with E-state index >= 15 is 0 Å². The van der Waals surface area contributed by atoms with E-state index in [4.69, 9.17) is 0 Å². The summed E-state index contributed by atoms with van der Waals surface area (Å²) in [6.07, 6.45) is 0. The molecule has 0 aliphatic carbocycles. The Balaban J connectivity index is 1.54. The van der Waals surface area contributed by atoms with Crippen molar-refractivity contribution in [1.82, 2.24) is 14.9 Å². The zero-order chi connectivity index (χ0) is 19.2. The summed E-state index contributed by atoms with van der Waals surface area (Å²) >= 11 is 0. The van der Waals surface area contributed by atoms with Crippen LogP contribution in [0.3, 0.4) is 0 Å². The molecule has 0 atom stereocenters. The third-order valence-corrected chi connectivity index (χ3v) is 6.07. The number of sulfonamides is 1. The quantitative estimate of drug-likeness (QED) is 0.765. The van der Waals surface area contributed by atoms with Gasteiger partial charge in [0.2, 0.25) is 5.95 Å². The minimum atomic E-state index is -3.58. The molecule has 0 spiro atoms. The second kappa shape index (κ2) is 6.49. The minimum Gasteiger partial charge on any atom is -0.353 e. The lowest BCUT2D eigenvalue weighted by molar-refractivity contribution is 0.386. The van der Waals surface area contributed by atoms with E-state index in [0.29, 0.717) is 35.3 Å². The number of hydrogen-bond acceptors (Lipinski definition) is 7. The smallest absolute Gasteiger partial charge is 0.285 e. The third-order valence-electron chi connectivity index (χ3n) is 4.74. The van der Waals surface area contributed by atoms with Gasteiger partial charge in [-0.3, -0.25) is 0 Å². The van der Waals surface area contributed by atoms with Gasteiger partial charge < -0.3 is 14.7 Å². The van der Waals surface area contributed by atoms with Gasteiger partial charge in [0.05, 0.1) is 0 Å². The molecule has 0 unspecified atom stereocenters. The fourth-order valence-corrected chi connectivity index (χ4v) is 4.59. The molecule has 0 amide bonds. The second-order valence-corrected chi connectivity index (χ2v) is 8.49. The Morgan fingerprint density at radius 1 is 1.00 bits per heavy atom. The van der Waals surface area contributed by atoms with E-state index in [1.165, 1.54) is 0 Å². The predicted molar refractivity (Wildman–Crippen MR) is 105 cm³/mol. The minimum absolute atomic E-state index is 0.296. The Kier molecular flexibility index (Phi) is 4.26. The zero-order valence-corrected chi connectivity index (χ0v) is 16.4. The number of aromatic nitrogens is 2. The van der Waals surface area contributed by atoms with Gasteiger partial charge in [-0.25, -0.2) is 4.98 Å². The van der Waals surface area contributed by atoms with Crippen LogP contribution in [0, 0.1) is 6.92 Å². The SMILES string of the molecule is Cc1cc(N2CCN(C3=NS(=O)(=O)c4ccccc43)CC2)nc(N(C)C)n1. The summed E-state index contributed by atoms with van der Waals surface area (Å²) in [5.74, 6) is 2.14. The number of nitrogens with zero attached hydrogens (tertiary/aromatic N) is 6. The average molecular weight is 386 g/mol. The van der Waals surface area contributed by atoms with Crippen molar-refractivity contribution in [2.45, 2.75) is 11.8 Å². The number of rotatable bonds is 2. The first kappa shape index (κ1) is 17.7. The molecule has 2 aliphatic rings. The summed E-state index contributed by atoms with van der Waals surface area (Å²) < 4.78 is 28.6. The molecule has 1 fully saturated rings. The normalized spacial score (nSPS) is 18.3. The van der Waals surface area contributed by atoms with Gasteiger partial charge in [-0.2, -0.15) is 13.4 Å². The zero-order valence-electron chi connectivity index (χ0n) is 15.6. The van der Waals surface area contributed by atoms with E-state index in [-0.39, 0.29) is 0 Å². The molecule has 27 heavy (non-hydrogen) atoms. The summed E-state index contributed by atoms with van der Waals surface area (Å²) in [6, 6.07) is 8.99. The Morgan fingerprint density at radius 3 is 2.37 bits per heavy atom. The van der Waals surface area contributed by atoms with Crippen LogP contribution in [0.4, 0.5) is 11.8 Å². The summed E-state index contributed by atoms with van der Waals surface area (Å²) in [5, 5.41) is 0. The van der Waals surface area contributed by atoms with Gasteiger partial charge in [-0.15, -0.1) is 4.40 Å². The fraction of sp³-hybridized carbons (Fsp3) is 0.389. The maximum Gasteiger partial charge on any atom is 0.285 e. The van der Waals surface area contributed by atoms with Crippen LogP contribution in [0.2, 0.25) is 0 Å². The standard InChI is InChI=1S/C18H22N6O2S/c1-13-12-16(20-18(19-13)22(2)3)23-8-10-24(11-9-23)17-14-6-4-5-7-15(14)27(25,26)21-17/h4-7,12H,8-11H2,1-3H3. The Hall–Kier alpha value is -2.68. The van der Waals surface area contributed by atoms with Gasteiger partial charge in [-0.1, -0.05) is 12.1 Å². The van der Waals surface area contributed by atoms with Crippen molar-refractivity contribution in [3.63, 3.8) is 0 Å². The van der Waals surface area contributed by atoms with Gasteiger partial charge in [0.15, 0.2) is 5.84 Å². The summed E-state index contributed by atoms with van der Waals surface area (Å²) in [6.45, 7) is 4.81. The van der Waals surface area contributed by atoms with Crippen molar-refractivity contribution in [3.05, 3.63) is 41.6 Å². The van der Waals surface area contributed by atoms with Gasteiger partial charge in [-0.05, 0) is 19.1 Å².